The first-order valence-corrected chi connectivity index (χ1v) is 5.72. The summed E-state index contributed by atoms with van der Waals surface area (Å²) in [6.07, 6.45) is 3.82. The lowest BCUT2D eigenvalue weighted by molar-refractivity contribution is 0.665. The molecule has 0 saturated carbocycles. The maximum absolute atomic E-state index is 5.94. The summed E-state index contributed by atoms with van der Waals surface area (Å²) in [7, 11) is 2.05. The number of rotatable bonds is 4. The van der Waals surface area contributed by atoms with E-state index in [1.165, 1.54) is 0 Å². The lowest BCUT2D eigenvalue weighted by Gasteiger charge is -2.21. The Morgan fingerprint density at radius 2 is 2.12 bits per heavy atom. The normalized spacial score (nSPS) is 10.5. The van der Waals surface area contributed by atoms with Crippen molar-refractivity contribution in [2.75, 3.05) is 24.2 Å². The third kappa shape index (κ3) is 2.58. The topological polar surface area (TPSA) is 47.1 Å². The molecule has 1 aromatic heterocycles. The third-order valence-electron chi connectivity index (χ3n) is 2.95. The standard InChI is InChI=1S/C13H18N4/c1-11-15-7-8-17(11)10-9-16(2)13-6-4-3-5-12(13)14/h3-8H,9-10,14H2,1-2H3. The molecule has 90 valence electrons. The van der Waals surface area contributed by atoms with E-state index in [0.717, 1.165) is 30.3 Å². The van der Waals surface area contributed by atoms with Crippen LogP contribution in [0.5, 0.6) is 0 Å². The van der Waals surface area contributed by atoms with Crippen molar-refractivity contribution in [1.29, 1.82) is 0 Å². The van der Waals surface area contributed by atoms with Crippen LogP contribution in [0.25, 0.3) is 0 Å². The summed E-state index contributed by atoms with van der Waals surface area (Å²) in [4.78, 5) is 6.37. The minimum absolute atomic E-state index is 0.817. The molecule has 2 aromatic rings. The van der Waals surface area contributed by atoms with Crippen LogP contribution in [0.2, 0.25) is 0 Å². The maximum atomic E-state index is 5.94. The van der Waals surface area contributed by atoms with E-state index in [2.05, 4.69) is 21.5 Å². The van der Waals surface area contributed by atoms with Crippen LogP contribution in [0.4, 0.5) is 11.4 Å². The summed E-state index contributed by atoms with van der Waals surface area (Å²) >= 11 is 0. The van der Waals surface area contributed by atoms with Gasteiger partial charge >= 0.3 is 0 Å². The number of nitrogens with zero attached hydrogens (tertiary/aromatic N) is 3. The van der Waals surface area contributed by atoms with Crippen molar-refractivity contribution in [2.45, 2.75) is 13.5 Å². The van der Waals surface area contributed by atoms with Crippen LogP contribution in [0.1, 0.15) is 5.82 Å². The van der Waals surface area contributed by atoms with Crippen LogP contribution < -0.4 is 10.6 Å². The lowest BCUT2D eigenvalue weighted by Crippen LogP contribution is -2.23. The van der Waals surface area contributed by atoms with Gasteiger partial charge in [-0.2, -0.15) is 0 Å². The largest absolute Gasteiger partial charge is 0.397 e. The molecule has 0 unspecified atom stereocenters. The van der Waals surface area contributed by atoms with Gasteiger partial charge in [0.1, 0.15) is 5.82 Å². The minimum Gasteiger partial charge on any atom is -0.397 e. The van der Waals surface area contributed by atoms with Gasteiger partial charge in [-0.1, -0.05) is 12.1 Å². The van der Waals surface area contributed by atoms with Crippen LogP contribution in [0.3, 0.4) is 0 Å². The second-order valence-corrected chi connectivity index (χ2v) is 4.15. The first-order chi connectivity index (χ1) is 8.18. The quantitative estimate of drug-likeness (QED) is 0.816. The maximum Gasteiger partial charge on any atom is 0.105 e. The van der Waals surface area contributed by atoms with E-state index in [4.69, 9.17) is 5.73 Å². The Morgan fingerprint density at radius 1 is 1.35 bits per heavy atom. The van der Waals surface area contributed by atoms with E-state index in [1.54, 1.807) is 0 Å². The van der Waals surface area contributed by atoms with E-state index in [1.807, 2.05) is 43.6 Å². The predicted molar refractivity (Wildman–Crippen MR) is 71.1 cm³/mol. The van der Waals surface area contributed by atoms with Crippen LogP contribution in [0.15, 0.2) is 36.7 Å². The van der Waals surface area contributed by atoms with Crippen molar-refractivity contribution in [3.63, 3.8) is 0 Å². The van der Waals surface area contributed by atoms with Crippen LogP contribution in [-0.4, -0.2) is 23.1 Å². The van der Waals surface area contributed by atoms with Gasteiger partial charge in [-0.25, -0.2) is 4.98 Å². The Balaban J connectivity index is 2.01. The van der Waals surface area contributed by atoms with E-state index in [9.17, 15) is 0 Å². The molecule has 2 N–H and O–H groups in total. The second kappa shape index (κ2) is 4.91. The van der Waals surface area contributed by atoms with Crippen molar-refractivity contribution >= 4 is 11.4 Å². The summed E-state index contributed by atoms with van der Waals surface area (Å²) < 4.78 is 2.13. The van der Waals surface area contributed by atoms with Crippen LogP contribution in [0, 0.1) is 6.92 Å². The van der Waals surface area contributed by atoms with Gasteiger partial charge in [-0.05, 0) is 19.1 Å². The molecular weight excluding hydrogens is 212 g/mol. The molecule has 4 heteroatoms. The first kappa shape index (κ1) is 11.5. The minimum atomic E-state index is 0.817. The lowest BCUT2D eigenvalue weighted by atomic mass is 10.2. The van der Waals surface area contributed by atoms with Crippen molar-refractivity contribution in [3.05, 3.63) is 42.5 Å². The first-order valence-electron chi connectivity index (χ1n) is 5.72. The Kier molecular flexibility index (Phi) is 3.32. The molecule has 0 aliphatic heterocycles. The SMILES string of the molecule is Cc1nccn1CCN(C)c1ccccc1N. The highest BCUT2D eigenvalue weighted by atomic mass is 15.1. The molecule has 0 saturated heterocycles. The van der Waals surface area contributed by atoms with Gasteiger partial charge in [0.05, 0.1) is 11.4 Å². The number of nitrogen functional groups attached to an aromatic ring is 1. The molecule has 0 spiro atoms. The zero-order chi connectivity index (χ0) is 12.3. The number of hydrogen-bond acceptors (Lipinski definition) is 3. The summed E-state index contributed by atoms with van der Waals surface area (Å²) in [5.74, 6) is 1.04. The van der Waals surface area contributed by atoms with Crippen molar-refractivity contribution in [3.8, 4) is 0 Å². The van der Waals surface area contributed by atoms with Gasteiger partial charge in [-0.3, -0.25) is 0 Å². The molecule has 1 heterocycles. The number of hydrogen-bond donors (Lipinski definition) is 1. The molecule has 0 amide bonds. The Morgan fingerprint density at radius 3 is 2.76 bits per heavy atom. The van der Waals surface area contributed by atoms with E-state index in [-0.39, 0.29) is 0 Å². The van der Waals surface area contributed by atoms with Gasteiger partial charge in [0.2, 0.25) is 0 Å². The average molecular weight is 230 g/mol. The fourth-order valence-electron chi connectivity index (χ4n) is 1.85. The highest BCUT2D eigenvalue weighted by Gasteiger charge is 2.04. The van der Waals surface area contributed by atoms with Crippen molar-refractivity contribution < 1.29 is 0 Å². The number of nitrogens with two attached hydrogens (primary N) is 1. The molecule has 0 bridgehead atoms. The van der Waals surface area contributed by atoms with Gasteiger partial charge in [0.15, 0.2) is 0 Å². The van der Waals surface area contributed by atoms with Gasteiger partial charge < -0.3 is 15.2 Å². The predicted octanol–water partition coefficient (Wildman–Crippen LogP) is 1.91. The van der Waals surface area contributed by atoms with Gasteiger partial charge in [-0.15, -0.1) is 0 Å². The molecule has 1 aromatic carbocycles. The molecule has 0 atom stereocenters. The molecule has 0 radical (unpaired) electrons. The van der Waals surface area contributed by atoms with Crippen LogP contribution in [-0.2, 0) is 6.54 Å². The summed E-state index contributed by atoms with van der Waals surface area (Å²) in [5.41, 5.74) is 7.83. The van der Waals surface area contributed by atoms with Crippen LogP contribution >= 0.6 is 0 Å². The van der Waals surface area contributed by atoms with Crippen molar-refractivity contribution in [2.24, 2.45) is 0 Å². The second-order valence-electron chi connectivity index (χ2n) is 4.15. The average Bonchev–Trinajstić information content (AvgIpc) is 2.72. The number of likely N-dealkylation sites (N-methyl/N-ethyl adjacent to an activating group) is 1. The highest BCUT2D eigenvalue weighted by Crippen LogP contribution is 2.20. The number of aryl methyl sites for hydroxylation is 1. The summed E-state index contributed by atoms with van der Waals surface area (Å²) in [6, 6.07) is 7.92. The molecule has 17 heavy (non-hydrogen) atoms. The smallest absolute Gasteiger partial charge is 0.105 e. The number of imidazole rings is 1. The van der Waals surface area contributed by atoms with Gasteiger partial charge in [0, 0.05) is 32.5 Å². The highest BCUT2D eigenvalue weighted by molar-refractivity contribution is 5.66. The Labute approximate surface area is 102 Å². The summed E-state index contributed by atoms with van der Waals surface area (Å²) in [6.45, 7) is 3.83. The molecular formula is C13H18N4. The Hall–Kier alpha value is -1.97. The molecule has 0 aliphatic rings. The molecule has 2 rings (SSSR count). The Bertz CT molecular complexity index is 490. The molecule has 0 aliphatic carbocycles. The number of para-hydroxylation sites is 2. The zero-order valence-electron chi connectivity index (χ0n) is 10.3. The van der Waals surface area contributed by atoms with E-state index in [0.29, 0.717) is 0 Å². The molecule has 4 nitrogen and oxygen atoms in total. The number of aromatic nitrogens is 2. The fraction of sp³-hybridized carbons (Fsp3) is 0.308. The number of benzene rings is 1. The summed E-state index contributed by atoms with van der Waals surface area (Å²) in [5, 5.41) is 0. The molecule has 0 fully saturated rings. The van der Waals surface area contributed by atoms with Gasteiger partial charge in [0.25, 0.3) is 0 Å². The third-order valence-corrected chi connectivity index (χ3v) is 2.95. The van der Waals surface area contributed by atoms with Crippen molar-refractivity contribution in [1.82, 2.24) is 9.55 Å². The van der Waals surface area contributed by atoms with E-state index < -0.39 is 0 Å². The monoisotopic (exact) mass is 230 g/mol. The number of anilines is 2. The van der Waals surface area contributed by atoms with E-state index >= 15 is 0 Å². The zero-order valence-corrected chi connectivity index (χ0v) is 10.3. The fourth-order valence-corrected chi connectivity index (χ4v) is 1.85.